The third kappa shape index (κ3) is 6.19. The number of aryl methyl sites for hydroxylation is 1. The molecular weight excluding hydrogens is 546 g/mol. The van der Waals surface area contributed by atoms with Gasteiger partial charge in [0, 0.05) is 24.6 Å². The van der Waals surface area contributed by atoms with Crippen LogP contribution in [-0.4, -0.2) is 38.1 Å². The molecule has 0 spiro atoms. The standard InChI is InChI=1S/C34H43N3O4S/c1-21-16-24(12-13-29(21)40-3)23-10-8-22(9-11-23)18-34(32(35)39)15-14-27(31(38)36-2)28(19-34)25-6-5-7-26(17-25)30-20-37-33(41-4)42-30/h5-7,12-13,16-17,20,22-23,27-28H,8-11,14-15,18-19H2,1-4H3,(H2,35,39)(H,36,38)/t22-,23-,27-,28+,34?/m1/s1. The van der Waals surface area contributed by atoms with Crippen molar-refractivity contribution in [2.24, 2.45) is 23.0 Å². The second kappa shape index (κ2) is 12.9. The zero-order valence-corrected chi connectivity index (χ0v) is 26.0. The highest BCUT2D eigenvalue weighted by atomic mass is 32.1. The van der Waals surface area contributed by atoms with Gasteiger partial charge in [-0.3, -0.25) is 9.59 Å². The summed E-state index contributed by atoms with van der Waals surface area (Å²) < 4.78 is 10.7. The lowest BCUT2D eigenvalue weighted by Crippen LogP contribution is -2.47. The number of carbonyl (C=O) groups is 2. The minimum absolute atomic E-state index is 0.0261. The van der Waals surface area contributed by atoms with Gasteiger partial charge in [-0.05, 0) is 110 Å². The van der Waals surface area contributed by atoms with E-state index in [1.807, 2.05) is 12.3 Å². The number of methoxy groups -OCH3 is 2. The Morgan fingerprint density at radius 1 is 1.05 bits per heavy atom. The van der Waals surface area contributed by atoms with Crippen LogP contribution >= 0.6 is 11.3 Å². The number of carbonyl (C=O) groups excluding carboxylic acids is 2. The Labute approximate surface area is 253 Å². The zero-order chi connectivity index (χ0) is 29.9. The molecule has 1 heterocycles. The molecule has 2 fully saturated rings. The van der Waals surface area contributed by atoms with Gasteiger partial charge in [-0.15, -0.1) is 0 Å². The summed E-state index contributed by atoms with van der Waals surface area (Å²) >= 11 is 1.49. The maximum absolute atomic E-state index is 13.3. The van der Waals surface area contributed by atoms with Crippen molar-refractivity contribution < 1.29 is 19.1 Å². The second-order valence-electron chi connectivity index (χ2n) is 12.2. The van der Waals surface area contributed by atoms with Crippen LogP contribution in [0, 0.1) is 24.2 Å². The van der Waals surface area contributed by atoms with Crippen LogP contribution in [0.4, 0.5) is 0 Å². The molecule has 3 N–H and O–H groups in total. The Bertz CT molecular complexity index is 1410. The van der Waals surface area contributed by atoms with Crippen molar-refractivity contribution >= 4 is 23.2 Å². The molecule has 8 heteroatoms. The highest BCUT2D eigenvalue weighted by Crippen LogP contribution is 2.52. The smallest absolute Gasteiger partial charge is 0.273 e. The number of hydrogen-bond acceptors (Lipinski definition) is 6. The van der Waals surface area contributed by atoms with E-state index >= 15 is 0 Å². The molecular formula is C34H43N3O4S. The van der Waals surface area contributed by atoms with Gasteiger partial charge in [0.15, 0.2) is 0 Å². The topological polar surface area (TPSA) is 104 Å². The van der Waals surface area contributed by atoms with Gasteiger partial charge in [0.2, 0.25) is 11.8 Å². The molecule has 42 heavy (non-hydrogen) atoms. The number of aromatic nitrogens is 1. The number of nitrogens with zero attached hydrogens (tertiary/aromatic N) is 1. The Balaban J connectivity index is 1.35. The maximum atomic E-state index is 13.3. The van der Waals surface area contributed by atoms with Gasteiger partial charge in [0.25, 0.3) is 5.19 Å². The van der Waals surface area contributed by atoms with Crippen molar-refractivity contribution in [2.45, 2.75) is 70.1 Å². The molecule has 0 bridgehead atoms. The van der Waals surface area contributed by atoms with Gasteiger partial charge in [0.1, 0.15) is 5.75 Å². The number of benzene rings is 2. The average molecular weight is 590 g/mol. The Hall–Kier alpha value is -3.39. The average Bonchev–Trinajstić information content (AvgIpc) is 3.51. The molecule has 7 nitrogen and oxygen atoms in total. The van der Waals surface area contributed by atoms with E-state index in [0.29, 0.717) is 36.3 Å². The van der Waals surface area contributed by atoms with Gasteiger partial charge in [0.05, 0.1) is 19.1 Å². The molecule has 0 aliphatic heterocycles. The minimum atomic E-state index is -0.618. The Morgan fingerprint density at radius 2 is 1.83 bits per heavy atom. The van der Waals surface area contributed by atoms with Crippen LogP contribution in [-0.2, 0) is 9.59 Å². The van der Waals surface area contributed by atoms with Gasteiger partial charge in [-0.1, -0.05) is 41.7 Å². The van der Waals surface area contributed by atoms with E-state index in [4.69, 9.17) is 15.2 Å². The van der Waals surface area contributed by atoms with Crippen molar-refractivity contribution in [1.82, 2.24) is 10.3 Å². The summed E-state index contributed by atoms with van der Waals surface area (Å²) in [6.07, 6.45) is 8.87. The molecule has 3 atom stereocenters. The molecule has 2 amide bonds. The summed E-state index contributed by atoms with van der Waals surface area (Å²) in [5.41, 5.74) is 10.3. The Kier molecular flexibility index (Phi) is 9.21. The van der Waals surface area contributed by atoms with E-state index in [2.05, 4.69) is 53.6 Å². The maximum Gasteiger partial charge on any atom is 0.273 e. The highest BCUT2D eigenvalue weighted by molar-refractivity contribution is 7.16. The number of rotatable bonds is 9. The summed E-state index contributed by atoms with van der Waals surface area (Å²) in [6.45, 7) is 2.10. The van der Waals surface area contributed by atoms with Crippen molar-refractivity contribution in [3.63, 3.8) is 0 Å². The fraction of sp³-hybridized carbons (Fsp3) is 0.500. The van der Waals surface area contributed by atoms with E-state index in [0.717, 1.165) is 53.9 Å². The van der Waals surface area contributed by atoms with Crippen LogP contribution in [0.2, 0.25) is 0 Å². The number of thiazole rings is 1. The molecule has 224 valence electrons. The number of amides is 2. The first-order valence-corrected chi connectivity index (χ1v) is 15.8. The lowest BCUT2D eigenvalue weighted by atomic mass is 9.59. The quantitative estimate of drug-likeness (QED) is 0.293. The molecule has 3 aromatic rings. The van der Waals surface area contributed by atoms with Crippen LogP contribution in [0.1, 0.15) is 79.9 Å². The zero-order valence-electron chi connectivity index (χ0n) is 25.2. The number of nitrogens with one attached hydrogen (secondary N) is 1. The highest BCUT2D eigenvalue weighted by Gasteiger charge is 2.48. The molecule has 2 aliphatic carbocycles. The first kappa shape index (κ1) is 30.1. The number of primary amides is 1. The Morgan fingerprint density at radius 3 is 2.48 bits per heavy atom. The number of hydrogen-bond donors (Lipinski definition) is 2. The molecule has 0 saturated heterocycles. The molecule has 2 saturated carbocycles. The summed E-state index contributed by atoms with van der Waals surface area (Å²) in [5.74, 6) is 1.40. The van der Waals surface area contributed by atoms with Crippen molar-refractivity contribution in [2.75, 3.05) is 21.3 Å². The van der Waals surface area contributed by atoms with E-state index in [-0.39, 0.29) is 23.7 Å². The SMILES string of the molecule is CNC(=O)[C@@H]1CCC(C[C@H]2CC[C@H](c3ccc(OC)c(C)c3)CC2)(C(N)=O)C[C@H]1c1cccc(-c2cnc(OC)s2)c1. The molecule has 1 unspecified atom stereocenters. The van der Waals surface area contributed by atoms with Crippen LogP contribution in [0.15, 0.2) is 48.7 Å². The van der Waals surface area contributed by atoms with Crippen LogP contribution in [0.25, 0.3) is 10.4 Å². The van der Waals surface area contributed by atoms with E-state index in [1.165, 1.54) is 22.5 Å². The summed E-state index contributed by atoms with van der Waals surface area (Å²) in [7, 11) is 5.02. The van der Waals surface area contributed by atoms with E-state index < -0.39 is 5.41 Å². The molecule has 2 aliphatic rings. The predicted molar refractivity (Wildman–Crippen MR) is 167 cm³/mol. The van der Waals surface area contributed by atoms with Crippen LogP contribution < -0.4 is 20.5 Å². The van der Waals surface area contributed by atoms with Crippen molar-refractivity contribution in [3.8, 4) is 21.4 Å². The van der Waals surface area contributed by atoms with E-state index in [1.54, 1.807) is 21.3 Å². The van der Waals surface area contributed by atoms with Gasteiger partial charge in [-0.25, -0.2) is 4.98 Å². The van der Waals surface area contributed by atoms with Gasteiger partial charge >= 0.3 is 0 Å². The minimum Gasteiger partial charge on any atom is -0.496 e. The van der Waals surface area contributed by atoms with Crippen LogP contribution in [0.3, 0.4) is 0 Å². The predicted octanol–water partition coefficient (Wildman–Crippen LogP) is 6.60. The third-order valence-corrected chi connectivity index (χ3v) is 10.8. The fourth-order valence-electron chi connectivity index (χ4n) is 7.47. The monoisotopic (exact) mass is 589 g/mol. The fourth-order valence-corrected chi connectivity index (χ4v) is 8.20. The van der Waals surface area contributed by atoms with Crippen LogP contribution in [0.5, 0.6) is 10.9 Å². The number of nitrogens with two attached hydrogens (primary N) is 1. The number of ether oxygens (including phenoxy) is 2. The molecule has 0 radical (unpaired) electrons. The molecule has 2 aromatic carbocycles. The lowest BCUT2D eigenvalue weighted by molar-refractivity contribution is -0.136. The van der Waals surface area contributed by atoms with Gasteiger partial charge < -0.3 is 20.5 Å². The van der Waals surface area contributed by atoms with E-state index in [9.17, 15) is 9.59 Å². The second-order valence-corrected chi connectivity index (χ2v) is 13.2. The third-order valence-electron chi connectivity index (χ3n) is 9.81. The largest absolute Gasteiger partial charge is 0.496 e. The summed E-state index contributed by atoms with van der Waals surface area (Å²) in [6, 6.07) is 14.8. The van der Waals surface area contributed by atoms with Gasteiger partial charge in [-0.2, -0.15) is 0 Å². The lowest BCUT2D eigenvalue weighted by Gasteiger charge is -2.45. The first-order chi connectivity index (χ1) is 20.3. The first-order valence-electron chi connectivity index (χ1n) is 15.0. The molecule has 5 rings (SSSR count). The normalized spacial score (nSPS) is 25.9. The molecule has 1 aromatic heterocycles. The summed E-state index contributed by atoms with van der Waals surface area (Å²) in [5, 5.41) is 3.49. The summed E-state index contributed by atoms with van der Waals surface area (Å²) in [4.78, 5) is 31.7. The van der Waals surface area contributed by atoms with Crippen molar-refractivity contribution in [3.05, 3.63) is 65.4 Å². The van der Waals surface area contributed by atoms with Crippen molar-refractivity contribution in [1.29, 1.82) is 0 Å².